The fourth-order valence-electron chi connectivity index (χ4n) is 3.18. The Balaban J connectivity index is 1.87. The van der Waals surface area contributed by atoms with Gasteiger partial charge in [0.15, 0.2) is 10.6 Å². The van der Waals surface area contributed by atoms with E-state index in [4.69, 9.17) is 4.99 Å². The first-order chi connectivity index (χ1) is 12.0. The number of aromatic nitrogens is 1. The summed E-state index contributed by atoms with van der Waals surface area (Å²) in [5.74, 6) is 0.108. The number of hydrogen-bond acceptors (Lipinski definition) is 5. The van der Waals surface area contributed by atoms with E-state index in [1.54, 1.807) is 6.92 Å². The summed E-state index contributed by atoms with van der Waals surface area (Å²) in [6.07, 6.45) is 0. The topological polar surface area (TPSA) is 40.8 Å². The number of Topliss-reactive ketones (excluding diaryl/α,β-unsaturated/α-hetero) is 1. The molecule has 1 saturated heterocycles. The number of hydrogen-bond donors (Lipinski definition) is 0. The molecule has 1 aliphatic heterocycles. The van der Waals surface area contributed by atoms with Crippen LogP contribution in [-0.2, 0) is 6.54 Å². The number of carbonyl (C=O) groups is 1. The van der Waals surface area contributed by atoms with Crippen molar-refractivity contribution in [3.8, 4) is 0 Å². The number of anilines is 1. The van der Waals surface area contributed by atoms with Gasteiger partial charge in [-0.3, -0.25) is 4.79 Å². The Kier molecular flexibility index (Phi) is 5.39. The molecule has 1 aromatic carbocycles. The van der Waals surface area contributed by atoms with Gasteiger partial charge in [-0.25, -0.2) is 4.99 Å². The maximum absolute atomic E-state index is 11.8. The summed E-state index contributed by atoms with van der Waals surface area (Å²) in [6, 6.07) is 8.42. The first-order valence-electron chi connectivity index (χ1n) is 8.79. The minimum absolute atomic E-state index is 0.108. The Morgan fingerprint density at radius 2 is 1.80 bits per heavy atom. The van der Waals surface area contributed by atoms with Gasteiger partial charge in [0.2, 0.25) is 0 Å². The van der Waals surface area contributed by atoms with E-state index in [9.17, 15) is 4.79 Å². The molecule has 0 unspecified atom stereocenters. The van der Waals surface area contributed by atoms with E-state index < -0.39 is 0 Å². The quantitative estimate of drug-likeness (QED) is 0.789. The normalized spacial score (nSPS) is 16.5. The Labute approximate surface area is 153 Å². The van der Waals surface area contributed by atoms with E-state index in [0.29, 0.717) is 0 Å². The van der Waals surface area contributed by atoms with Crippen LogP contribution in [0, 0.1) is 6.92 Å². The van der Waals surface area contributed by atoms with Crippen LogP contribution in [0.15, 0.2) is 29.3 Å². The summed E-state index contributed by atoms with van der Waals surface area (Å²) in [7, 11) is 2.17. The SMILES string of the molecule is CCn1c(C)c(C(C)=O)sc1=Nc1ccc(N2CCN(C)CC2)cc1. The Morgan fingerprint density at radius 1 is 1.16 bits per heavy atom. The van der Waals surface area contributed by atoms with Gasteiger partial charge in [-0.2, -0.15) is 0 Å². The molecule has 25 heavy (non-hydrogen) atoms. The molecule has 6 heteroatoms. The Morgan fingerprint density at radius 3 is 2.36 bits per heavy atom. The van der Waals surface area contributed by atoms with E-state index in [1.807, 2.05) is 6.92 Å². The van der Waals surface area contributed by atoms with E-state index in [0.717, 1.165) is 53.8 Å². The van der Waals surface area contributed by atoms with Gasteiger partial charge >= 0.3 is 0 Å². The maximum Gasteiger partial charge on any atom is 0.190 e. The minimum atomic E-state index is 0.108. The predicted octanol–water partition coefficient (Wildman–Crippen LogP) is 3.06. The highest BCUT2D eigenvalue weighted by molar-refractivity contribution is 7.11. The Hall–Kier alpha value is -1.92. The molecule has 0 saturated carbocycles. The highest BCUT2D eigenvalue weighted by Gasteiger charge is 2.14. The van der Waals surface area contributed by atoms with Crippen molar-refractivity contribution in [2.24, 2.45) is 4.99 Å². The average molecular weight is 359 g/mol. The van der Waals surface area contributed by atoms with Crippen molar-refractivity contribution in [3.05, 3.63) is 39.6 Å². The molecule has 0 N–H and O–H groups in total. The molecule has 134 valence electrons. The third-order valence-corrected chi connectivity index (χ3v) is 6.02. The molecule has 1 fully saturated rings. The third kappa shape index (κ3) is 3.85. The van der Waals surface area contributed by atoms with Crippen LogP contribution in [0.5, 0.6) is 0 Å². The molecule has 0 spiro atoms. The van der Waals surface area contributed by atoms with Crippen LogP contribution < -0.4 is 9.70 Å². The smallest absolute Gasteiger partial charge is 0.190 e. The largest absolute Gasteiger partial charge is 0.369 e. The molecule has 2 heterocycles. The number of carbonyl (C=O) groups excluding carboxylic acids is 1. The first-order valence-corrected chi connectivity index (χ1v) is 9.60. The lowest BCUT2D eigenvalue weighted by Gasteiger charge is -2.34. The van der Waals surface area contributed by atoms with Gasteiger partial charge in [-0.05, 0) is 45.2 Å². The van der Waals surface area contributed by atoms with E-state index in [2.05, 4.69) is 52.6 Å². The maximum atomic E-state index is 11.8. The number of thiazole rings is 1. The molecule has 0 atom stereocenters. The van der Waals surface area contributed by atoms with E-state index in [-0.39, 0.29) is 5.78 Å². The lowest BCUT2D eigenvalue weighted by molar-refractivity contribution is 0.102. The van der Waals surface area contributed by atoms with Crippen molar-refractivity contribution in [2.45, 2.75) is 27.3 Å². The van der Waals surface area contributed by atoms with Gasteiger partial charge in [0.25, 0.3) is 0 Å². The Bertz CT molecular complexity index is 811. The number of benzene rings is 1. The van der Waals surface area contributed by atoms with E-state index >= 15 is 0 Å². The zero-order chi connectivity index (χ0) is 18.0. The zero-order valence-corrected chi connectivity index (χ0v) is 16.3. The highest BCUT2D eigenvalue weighted by Crippen LogP contribution is 2.21. The number of piperazine rings is 1. The van der Waals surface area contributed by atoms with Crippen molar-refractivity contribution in [1.82, 2.24) is 9.47 Å². The molecular weight excluding hydrogens is 332 g/mol. The van der Waals surface area contributed by atoms with Gasteiger partial charge in [-0.1, -0.05) is 11.3 Å². The molecule has 1 aliphatic rings. The van der Waals surface area contributed by atoms with Crippen molar-refractivity contribution in [3.63, 3.8) is 0 Å². The van der Waals surface area contributed by atoms with Crippen molar-refractivity contribution < 1.29 is 4.79 Å². The van der Waals surface area contributed by atoms with Crippen molar-refractivity contribution in [1.29, 1.82) is 0 Å². The van der Waals surface area contributed by atoms with Gasteiger partial charge in [0.05, 0.1) is 10.6 Å². The van der Waals surface area contributed by atoms with Gasteiger partial charge in [0.1, 0.15) is 0 Å². The fraction of sp³-hybridized carbons (Fsp3) is 0.474. The van der Waals surface area contributed by atoms with Crippen LogP contribution in [0.2, 0.25) is 0 Å². The van der Waals surface area contributed by atoms with Gasteiger partial charge in [0, 0.05) is 51.0 Å². The number of ketones is 1. The van der Waals surface area contributed by atoms with Crippen molar-refractivity contribution in [2.75, 3.05) is 38.1 Å². The van der Waals surface area contributed by atoms with Crippen LogP contribution in [0.25, 0.3) is 0 Å². The third-order valence-electron chi connectivity index (χ3n) is 4.74. The summed E-state index contributed by atoms with van der Waals surface area (Å²) in [5.41, 5.74) is 3.19. The molecular formula is C19H26N4OS. The molecule has 0 aliphatic carbocycles. The summed E-state index contributed by atoms with van der Waals surface area (Å²) in [4.78, 5) is 23.0. The molecule has 2 aromatic rings. The predicted molar refractivity (Wildman–Crippen MR) is 104 cm³/mol. The zero-order valence-electron chi connectivity index (χ0n) is 15.5. The minimum Gasteiger partial charge on any atom is -0.369 e. The fourth-order valence-corrected chi connectivity index (χ4v) is 4.29. The number of nitrogens with zero attached hydrogens (tertiary/aromatic N) is 4. The molecule has 5 nitrogen and oxygen atoms in total. The van der Waals surface area contributed by atoms with Crippen LogP contribution in [0.3, 0.4) is 0 Å². The summed E-state index contributed by atoms with van der Waals surface area (Å²) in [6.45, 7) is 10.8. The van der Waals surface area contributed by atoms with Gasteiger partial charge < -0.3 is 14.4 Å². The molecule has 0 radical (unpaired) electrons. The first kappa shape index (κ1) is 17.9. The summed E-state index contributed by atoms with van der Waals surface area (Å²) >= 11 is 1.48. The molecule has 0 amide bonds. The average Bonchev–Trinajstić information content (AvgIpc) is 2.92. The molecule has 1 aromatic heterocycles. The van der Waals surface area contributed by atoms with E-state index in [1.165, 1.54) is 17.0 Å². The number of rotatable bonds is 4. The van der Waals surface area contributed by atoms with Crippen LogP contribution in [-0.4, -0.2) is 48.5 Å². The highest BCUT2D eigenvalue weighted by atomic mass is 32.1. The van der Waals surface area contributed by atoms with Crippen LogP contribution in [0.1, 0.15) is 29.2 Å². The molecule has 3 rings (SSSR count). The standard InChI is InChI=1S/C19H26N4OS/c1-5-23-14(2)18(15(3)24)25-19(23)20-16-6-8-17(9-7-16)22-12-10-21(4)11-13-22/h6-9H,5,10-13H2,1-4H3. The summed E-state index contributed by atoms with van der Waals surface area (Å²) in [5, 5.41) is 0. The second-order valence-corrected chi connectivity index (χ2v) is 7.50. The monoisotopic (exact) mass is 358 g/mol. The molecule has 0 bridgehead atoms. The van der Waals surface area contributed by atoms with Crippen molar-refractivity contribution >= 4 is 28.5 Å². The van der Waals surface area contributed by atoms with Gasteiger partial charge in [-0.15, -0.1) is 0 Å². The second-order valence-electron chi connectivity index (χ2n) is 6.52. The lowest BCUT2D eigenvalue weighted by Crippen LogP contribution is -2.44. The van der Waals surface area contributed by atoms with Crippen LogP contribution >= 0.6 is 11.3 Å². The lowest BCUT2D eigenvalue weighted by atomic mass is 10.2. The second kappa shape index (κ2) is 7.54. The van der Waals surface area contributed by atoms with Crippen LogP contribution in [0.4, 0.5) is 11.4 Å². The summed E-state index contributed by atoms with van der Waals surface area (Å²) < 4.78 is 2.11. The number of likely N-dealkylation sites (N-methyl/N-ethyl adjacent to an activating group) is 1.